The van der Waals surface area contributed by atoms with Crippen LogP contribution in [0.3, 0.4) is 0 Å². The summed E-state index contributed by atoms with van der Waals surface area (Å²) in [6, 6.07) is 14.9. The first-order valence-electron chi connectivity index (χ1n) is 12.5. The maximum atomic E-state index is 6.15. The molecule has 2 aromatic rings. The average molecular weight is 434 g/mol. The summed E-state index contributed by atoms with van der Waals surface area (Å²) in [4.78, 5) is 0. The van der Waals surface area contributed by atoms with Crippen LogP contribution in [-0.2, 0) is 13.2 Å². The van der Waals surface area contributed by atoms with Gasteiger partial charge in [0.25, 0.3) is 0 Å². The number of hydrogen-bond acceptors (Lipinski definition) is 3. The van der Waals surface area contributed by atoms with E-state index in [1.165, 1.54) is 55.2 Å². The Bertz CT molecular complexity index is 965. The van der Waals surface area contributed by atoms with E-state index in [1.807, 2.05) is 6.92 Å². The molecule has 2 atom stereocenters. The monoisotopic (exact) mass is 433 g/mol. The maximum Gasteiger partial charge on any atom is 0.161 e. The highest BCUT2D eigenvalue weighted by molar-refractivity contribution is 5.43. The molecule has 0 heterocycles. The van der Waals surface area contributed by atoms with Gasteiger partial charge in [0.2, 0.25) is 0 Å². The summed E-state index contributed by atoms with van der Waals surface area (Å²) in [5, 5.41) is 4.05. The summed E-state index contributed by atoms with van der Waals surface area (Å²) < 4.78 is 12.1. The molecular weight excluding hydrogens is 394 g/mol. The van der Waals surface area contributed by atoms with Crippen LogP contribution in [0.25, 0.3) is 0 Å². The van der Waals surface area contributed by atoms with E-state index < -0.39 is 0 Å². The molecule has 32 heavy (non-hydrogen) atoms. The summed E-state index contributed by atoms with van der Waals surface area (Å²) in [6.45, 7) is 11.3. The first-order chi connectivity index (χ1) is 15.3. The zero-order chi connectivity index (χ0) is 22.4. The average Bonchev–Trinajstić information content (AvgIpc) is 2.69. The Hall–Kier alpha value is -2.00. The number of rotatable bonds is 8. The number of nitrogens with one attached hydrogen (secondary N) is 1. The minimum Gasteiger partial charge on any atom is -0.490 e. The van der Waals surface area contributed by atoms with Crippen molar-refractivity contribution in [2.45, 2.75) is 84.9 Å². The van der Waals surface area contributed by atoms with Gasteiger partial charge < -0.3 is 14.8 Å². The van der Waals surface area contributed by atoms with Gasteiger partial charge in [0.05, 0.1) is 6.61 Å². The molecule has 0 amide bonds. The van der Waals surface area contributed by atoms with E-state index in [0.717, 1.165) is 24.0 Å². The Morgan fingerprint density at radius 1 is 0.875 bits per heavy atom. The summed E-state index contributed by atoms with van der Waals surface area (Å²) in [5.41, 5.74) is 5.10. The Balaban J connectivity index is 1.28. The highest BCUT2D eigenvalue weighted by Gasteiger charge is 2.59. The van der Waals surface area contributed by atoms with Crippen LogP contribution in [0.4, 0.5) is 0 Å². The van der Waals surface area contributed by atoms with Crippen molar-refractivity contribution in [2.75, 3.05) is 6.61 Å². The van der Waals surface area contributed by atoms with Gasteiger partial charge in [-0.3, -0.25) is 0 Å². The third kappa shape index (κ3) is 4.41. The second-order valence-electron chi connectivity index (χ2n) is 11.8. The van der Waals surface area contributed by atoms with Crippen LogP contribution in [0.15, 0.2) is 42.5 Å². The fraction of sp³-hybridized carbons (Fsp3) is 0.586. The van der Waals surface area contributed by atoms with Crippen molar-refractivity contribution in [3.63, 3.8) is 0 Å². The fourth-order valence-corrected chi connectivity index (χ4v) is 7.95. The van der Waals surface area contributed by atoms with Crippen molar-refractivity contribution in [2.24, 2.45) is 16.7 Å². The normalized spacial score (nSPS) is 32.8. The number of ether oxygens (including phenoxy) is 2. The minimum absolute atomic E-state index is 0.315. The maximum absolute atomic E-state index is 6.15. The van der Waals surface area contributed by atoms with E-state index in [-0.39, 0.29) is 0 Å². The number of benzene rings is 2. The zero-order valence-electron chi connectivity index (χ0n) is 20.3. The molecule has 2 aromatic carbocycles. The topological polar surface area (TPSA) is 30.5 Å². The highest BCUT2D eigenvalue weighted by atomic mass is 16.5. The summed E-state index contributed by atoms with van der Waals surface area (Å²) >= 11 is 0. The molecule has 3 nitrogen and oxygen atoms in total. The van der Waals surface area contributed by atoms with Crippen LogP contribution in [0.1, 0.15) is 76.0 Å². The third-order valence-electron chi connectivity index (χ3n) is 8.08. The third-order valence-corrected chi connectivity index (χ3v) is 8.08. The van der Waals surface area contributed by atoms with Crippen molar-refractivity contribution >= 4 is 0 Å². The largest absolute Gasteiger partial charge is 0.490 e. The van der Waals surface area contributed by atoms with Crippen LogP contribution in [0.5, 0.6) is 11.5 Å². The molecule has 0 spiro atoms. The van der Waals surface area contributed by atoms with Crippen molar-refractivity contribution in [1.82, 2.24) is 5.32 Å². The zero-order valence-corrected chi connectivity index (χ0v) is 20.3. The van der Waals surface area contributed by atoms with Crippen molar-refractivity contribution in [1.29, 1.82) is 0 Å². The van der Waals surface area contributed by atoms with Crippen LogP contribution < -0.4 is 14.8 Å². The molecule has 0 aliphatic heterocycles. The van der Waals surface area contributed by atoms with Gasteiger partial charge >= 0.3 is 0 Å². The summed E-state index contributed by atoms with van der Waals surface area (Å²) in [6.07, 6.45) is 8.32. The molecule has 4 aliphatic rings. The molecule has 0 saturated heterocycles. The minimum atomic E-state index is 0.315. The lowest BCUT2D eigenvalue weighted by Gasteiger charge is -2.65. The lowest BCUT2D eigenvalue weighted by atomic mass is 9.43. The first kappa shape index (κ1) is 21.8. The molecule has 1 N–H and O–H groups in total. The first-order valence-corrected chi connectivity index (χ1v) is 12.5. The molecule has 4 fully saturated rings. The summed E-state index contributed by atoms with van der Waals surface area (Å²) in [7, 11) is 0. The molecule has 3 heteroatoms. The molecule has 0 aromatic heterocycles. The molecular formula is C29H39NO2. The van der Waals surface area contributed by atoms with Crippen molar-refractivity contribution in [3.8, 4) is 11.5 Å². The molecule has 6 rings (SSSR count). The standard InChI is InChI=1S/C29H39NO2/c1-5-31-26-12-22(9-10-25(26)32-17-23-8-6-7-21(2)11-23)16-30-29-15-24-13-27(3,19-29)18-28(4,14-24)20-29/h6-12,24,30H,5,13-20H2,1-4H3. The van der Waals surface area contributed by atoms with Gasteiger partial charge in [0, 0.05) is 12.1 Å². The molecule has 4 saturated carbocycles. The van der Waals surface area contributed by atoms with E-state index in [9.17, 15) is 0 Å². The van der Waals surface area contributed by atoms with Gasteiger partial charge in [0.1, 0.15) is 6.61 Å². The molecule has 2 unspecified atom stereocenters. The van der Waals surface area contributed by atoms with E-state index in [2.05, 4.69) is 68.6 Å². The van der Waals surface area contributed by atoms with Gasteiger partial charge in [-0.05, 0) is 92.4 Å². The Morgan fingerprint density at radius 2 is 1.66 bits per heavy atom. The van der Waals surface area contributed by atoms with Gasteiger partial charge in [-0.1, -0.05) is 49.7 Å². The van der Waals surface area contributed by atoms with E-state index in [1.54, 1.807) is 0 Å². The molecule has 0 radical (unpaired) electrons. The quantitative estimate of drug-likeness (QED) is 0.496. The Morgan fingerprint density at radius 3 is 2.34 bits per heavy atom. The molecule has 172 valence electrons. The van der Waals surface area contributed by atoms with E-state index in [4.69, 9.17) is 9.47 Å². The lowest BCUT2D eigenvalue weighted by molar-refractivity contribution is -0.118. The second-order valence-corrected chi connectivity index (χ2v) is 11.8. The number of aryl methyl sites for hydroxylation is 1. The predicted molar refractivity (Wildman–Crippen MR) is 130 cm³/mol. The van der Waals surface area contributed by atoms with Crippen LogP contribution in [-0.4, -0.2) is 12.1 Å². The van der Waals surface area contributed by atoms with Gasteiger partial charge in [-0.15, -0.1) is 0 Å². The summed E-state index contributed by atoms with van der Waals surface area (Å²) in [5.74, 6) is 2.58. The van der Waals surface area contributed by atoms with Gasteiger partial charge in [-0.25, -0.2) is 0 Å². The SMILES string of the molecule is CCOc1cc(CNC23CC4CC(C)(CC(C)(C4)C2)C3)ccc1OCc1cccc(C)c1. The van der Waals surface area contributed by atoms with E-state index >= 15 is 0 Å². The fourth-order valence-electron chi connectivity index (χ4n) is 7.95. The Kier molecular flexibility index (Phi) is 5.52. The number of hydrogen-bond donors (Lipinski definition) is 1. The highest BCUT2D eigenvalue weighted by Crippen LogP contribution is 2.66. The van der Waals surface area contributed by atoms with Crippen LogP contribution in [0.2, 0.25) is 0 Å². The predicted octanol–water partition coefficient (Wildman–Crippen LogP) is 6.81. The van der Waals surface area contributed by atoms with Crippen molar-refractivity contribution in [3.05, 3.63) is 59.2 Å². The smallest absolute Gasteiger partial charge is 0.161 e. The van der Waals surface area contributed by atoms with Gasteiger partial charge in [0.15, 0.2) is 11.5 Å². The van der Waals surface area contributed by atoms with Crippen LogP contribution >= 0.6 is 0 Å². The van der Waals surface area contributed by atoms with E-state index in [0.29, 0.717) is 29.6 Å². The molecule has 4 aliphatic carbocycles. The Labute approximate surface area is 193 Å². The lowest BCUT2D eigenvalue weighted by Crippen LogP contribution is -2.63. The molecule has 4 bridgehead atoms. The van der Waals surface area contributed by atoms with Gasteiger partial charge in [-0.2, -0.15) is 0 Å². The van der Waals surface area contributed by atoms with Crippen molar-refractivity contribution < 1.29 is 9.47 Å². The van der Waals surface area contributed by atoms with Crippen LogP contribution in [0, 0.1) is 23.7 Å². The second kappa shape index (κ2) is 8.09.